The van der Waals surface area contributed by atoms with Crippen molar-refractivity contribution >= 4 is 0 Å². The summed E-state index contributed by atoms with van der Waals surface area (Å²) in [5.41, 5.74) is 6.00. The summed E-state index contributed by atoms with van der Waals surface area (Å²) in [4.78, 5) is 0. The topological polar surface area (TPSA) is 35.2 Å². The fourth-order valence-electron chi connectivity index (χ4n) is 2.02. The highest BCUT2D eigenvalue weighted by Gasteiger charge is 2.35. The summed E-state index contributed by atoms with van der Waals surface area (Å²) in [7, 11) is 1.41. The molecule has 0 aliphatic heterocycles. The van der Waals surface area contributed by atoms with E-state index < -0.39 is 17.2 Å². The predicted molar refractivity (Wildman–Crippen MR) is 56.8 cm³/mol. The lowest BCUT2D eigenvalue weighted by Gasteiger charge is -2.38. The third-order valence-electron chi connectivity index (χ3n) is 3.25. The number of hydrogen-bond acceptors (Lipinski definition) is 2. The fraction of sp³-hybridized carbons (Fsp3) is 0.500. The monoisotopic (exact) mass is 227 g/mol. The maximum Gasteiger partial charge on any atom is 0.132 e. The molecule has 0 unspecified atom stereocenters. The Kier molecular flexibility index (Phi) is 2.95. The summed E-state index contributed by atoms with van der Waals surface area (Å²) in [5.74, 6) is -1.15. The molecule has 16 heavy (non-hydrogen) atoms. The van der Waals surface area contributed by atoms with Crippen LogP contribution in [0.5, 0.6) is 0 Å². The first kappa shape index (κ1) is 11.5. The molecule has 1 fully saturated rings. The van der Waals surface area contributed by atoms with Gasteiger partial charge in [0, 0.05) is 18.2 Å². The molecule has 0 amide bonds. The van der Waals surface area contributed by atoms with E-state index in [0.29, 0.717) is 5.56 Å². The second-order valence-electron chi connectivity index (χ2n) is 4.36. The molecule has 0 heterocycles. The Bertz CT molecular complexity index is 379. The highest BCUT2D eigenvalue weighted by molar-refractivity contribution is 5.32. The van der Waals surface area contributed by atoms with Crippen LogP contribution in [0.4, 0.5) is 8.78 Å². The molecule has 0 atom stereocenters. The molecule has 0 aromatic heterocycles. The normalized spacial score (nSPS) is 18.2. The van der Waals surface area contributed by atoms with Gasteiger partial charge < -0.3 is 10.5 Å². The van der Waals surface area contributed by atoms with E-state index >= 15 is 0 Å². The van der Waals surface area contributed by atoms with Crippen LogP contribution in [-0.4, -0.2) is 7.11 Å². The zero-order valence-corrected chi connectivity index (χ0v) is 9.22. The molecular formula is C12H15F2NO. The zero-order valence-electron chi connectivity index (χ0n) is 9.22. The maximum absolute atomic E-state index is 13.6. The summed E-state index contributed by atoms with van der Waals surface area (Å²) in [6, 6.07) is 2.66. The summed E-state index contributed by atoms with van der Waals surface area (Å²) in [6.07, 6.45) is 2.59. The molecule has 1 aliphatic rings. The number of methoxy groups -OCH3 is 1. The Morgan fingerprint density at radius 1 is 1.31 bits per heavy atom. The van der Waals surface area contributed by atoms with Crippen LogP contribution in [0.25, 0.3) is 0 Å². The largest absolute Gasteiger partial charge is 0.380 e. The van der Waals surface area contributed by atoms with Crippen molar-refractivity contribution in [1.29, 1.82) is 0 Å². The van der Waals surface area contributed by atoms with Crippen molar-refractivity contribution in [3.8, 4) is 0 Å². The van der Waals surface area contributed by atoms with E-state index in [4.69, 9.17) is 10.5 Å². The highest BCUT2D eigenvalue weighted by atomic mass is 19.1. The first-order valence-electron chi connectivity index (χ1n) is 5.33. The minimum absolute atomic E-state index is 0.0332. The third kappa shape index (κ3) is 1.83. The van der Waals surface area contributed by atoms with Crippen LogP contribution in [-0.2, 0) is 16.9 Å². The van der Waals surface area contributed by atoms with Crippen LogP contribution in [0.2, 0.25) is 0 Å². The van der Waals surface area contributed by atoms with Crippen LogP contribution >= 0.6 is 0 Å². The van der Waals surface area contributed by atoms with Crippen molar-refractivity contribution in [2.45, 2.75) is 31.4 Å². The van der Waals surface area contributed by atoms with E-state index in [-0.39, 0.29) is 12.2 Å². The van der Waals surface area contributed by atoms with Gasteiger partial charge in [-0.1, -0.05) is 0 Å². The van der Waals surface area contributed by atoms with Gasteiger partial charge in [-0.05, 0) is 37.0 Å². The molecule has 0 saturated heterocycles. The van der Waals surface area contributed by atoms with E-state index in [2.05, 4.69) is 0 Å². The maximum atomic E-state index is 13.6. The van der Waals surface area contributed by atoms with Gasteiger partial charge in [-0.3, -0.25) is 0 Å². The fourth-order valence-corrected chi connectivity index (χ4v) is 2.02. The van der Waals surface area contributed by atoms with Gasteiger partial charge >= 0.3 is 0 Å². The predicted octanol–water partition coefficient (Wildman–Crippen LogP) is 2.45. The average Bonchev–Trinajstić information content (AvgIpc) is 2.19. The van der Waals surface area contributed by atoms with Crippen molar-refractivity contribution in [2.75, 3.05) is 7.11 Å². The molecule has 2 nitrogen and oxygen atoms in total. The summed E-state index contributed by atoms with van der Waals surface area (Å²) in [5, 5.41) is 0. The van der Waals surface area contributed by atoms with Gasteiger partial charge in [0.05, 0.1) is 6.61 Å². The summed E-state index contributed by atoms with van der Waals surface area (Å²) < 4.78 is 32.0. The molecule has 2 rings (SSSR count). The van der Waals surface area contributed by atoms with E-state index in [1.165, 1.54) is 19.2 Å². The minimum atomic E-state index is -0.575. The van der Waals surface area contributed by atoms with Crippen molar-refractivity contribution in [3.63, 3.8) is 0 Å². The van der Waals surface area contributed by atoms with Crippen LogP contribution < -0.4 is 5.73 Å². The first-order chi connectivity index (χ1) is 7.57. The molecule has 4 heteroatoms. The van der Waals surface area contributed by atoms with Gasteiger partial charge in [-0.2, -0.15) is 0 Å². The Hall–Kier alpha value is -1.00. The standard InChI is InChI=1S/C12H15F2NO/c1-16-7-9-10(13)5-8(6-11(9)14)12(15)3-2-4-12/h5-6H,2-4,7,15H2,1H3. The summed E-state index contributed by atoms with van der Waals surface area (Å²) in [6.45, 7) is -0.0600. The molecule has 1 aliphatic carbocycles. The molecule has 88 valence electrons. The van der Waals surface area contributed by atoms with Gasteiger partial charge in [0.1, 0.15) is 11.6 Å². The van der Waals surface area contributed by atoms with Crippen molar-refractivity contribution < 1.29 is 13.5 Å². The van der Waals surface area contributed by atoms with Crippen molar-refractivity contribution in [1.82, 2.24) is 0 Å². The molecule has 2 N–H and O–H groups in total. The van der Waals surface area contributed by atoms with E-state index in [1.807, 2.05) is 0 Å². The smallest absolute Gasteiger partial charge is 0.132 e. The van der Waals surface area contributed by atoms with Crippen LogP contribution in [0.15, 0.2) is 12.1 Å². The van der Waals surface area contributed by atoms with Crippen LogP contribution in [0.1, 0.15) is 30.4 Å². The van der Waals surface area contributed by atoms with Gasteiger partial charge in [0.25, 0.3) is 0 Å². The average molecular weight is 227 g/mol. The second kappa shape index (κ2) is 4.11. The lowest BCUT2D eigenvalue weighted by Crippen LogP contribution is -2.43. The molecule has 0 radical (unpaired) electrons. The molecule has 1 aromatic rings. The second-order valence-corrected chi connectivity index (χ2v) is 4.36. The highest BCUT2D eigenvalue weighted by Crippen LogP contribution is 2.39. The van der Waals surface area contributed by atoms with Crippen molar-refractivity contribution in [3.05, 3.63) is 34.9 Å². The van der Waals surface area contributed by atoms with Gasteiger partial charge in [0.15, 0.2) is 0 Å². The first-order valence-corrected chi connectivity index (χ1v) is 5.33. The Labute approximate surface area is 93.4 Å². The molecule has 0 bridgehead atoms. The molecule has 0 spiro atoms. The lowest BCUT2D eigenvalue weighted by atomic mass is 9.72. The van der Waals surface area contributed by atoms with E-state index in [0.717, 1.165) is 19.3 Å². The molecular weight excluding hydrogens is 212 g/mol. The molecule has 1 aromatic carbocycles. The Morgan fingerprint density at radius 3 is 2.25 bits per heavy atom. The quantitative estimate of drug-likeness (QED) is 0.860. The number of hydrogen-bond donors (Lipinski definition) is 1. The van der Waals surface area contributed by atoms with Gasteiger partial charge in [0.2, 0.25) is 0 Å². The third-order valence-corrected chi connectivity index (χ3v) is 3.25. The number of halogens is 2. The molecule has 1 saturated carbocycles. The van der Waals surface area contributed by atoms with Gasteiger partial charge in [-0.25, -0.2) is 8.78 Å². The van der Waals surface area contributed by atoms with Crippen LogP contribution in [0, 0.1) is 11.6 Å². The number of rotatable bonds is 3. The minimum Gasteiger partial charge on any atom is -0.380 e. The summed E-state index contributed by atoms with van der Waals surface area (Å²) >= 11 is 0. The van der Waals surface area contributed by atoms with E-state index in [1.54, 1.807) is 0 Å². The van der Waals surface area contributed by atoms with Crippen LogP contribution in [0.3, 0.4) is 0 Å². The van der Waals surface area contributed by atoms with Crippen molar-refractivity contribution in [2.24, 2.45) is 5.73 Å². The van der Waals surface area contributed by atoms with E-state index in [9.17, 15) is 8.78 Å². The number of nitrogens with two attached hydrogens (primary N) is 1. The Balaban J connectivity index is 2.36. The number of ether oxygens (including phenoxy) is 1. The Morgan fingerprint density at radius 2 is 1.88 bits per heavy atom. The number of benzene rings is 1. The van der Waals surface area contributed by atoms with Gasteiger partial charge in [-0.15, -0.1) is 0 Å². The SMILES string of the molecule is COCc1c(F)cc(C2(N)CCC2)cc1F. The zero-order chi connectivity index (χ0) is 11.8. The lowest BCUT2D eigenvalue weighted by molar-refractivity contribution is 0.177.